The van der Waals surface area contributed by atoms with Crippen LogP contribution in [0.15, 0.2) is 17.1 Å². The van der Waals surface area contributed by atoms with Crippen LogP contribution in [-0.2, 0) is 14.9 Å². The Balaban J connectivity index is 3.27. The van der Waals surface area contributed by atoms with Gasteiger partial charge < -0.3 is 5.73 Å². The first-order valence-corrected chi connectivity index (χ1v) is 4.79. The molecule has 0 fully saturated rings. The molecule has 0 aliphatic carbocycles. The summed E-state index contributed by atoms with van der Waals surface area (Å²) in [7, 11) is -4.56. The van der Waals surface area contributed by atoms with Crippen molar-refractivity contribution in [2.24, 2.45) is 10.7 Å². The maximum atomic E-state index is 10.9. The second-order valence-electron chi connectivity index (χ2n) is 2.58. The number of amides is 1. The van der Waals surface area contributed by atoms with Gasteiger partial charge in [0, 0.05) is 6.21 Å². The average molecular weight is 204 g/mol. The fourth-order valence-electron chi connectivity index (χ4n) is 0.955. The van der Waals surface area contributed by atoms with Crippen LogP contribution in [0.2, 0.25) is 0 Å². The molecule has 1 unspecified atom stereocenters. The summed E-state index contributed by atoms with van der Waals surface area (Å²) in [6, 6.07) is 0. The molecule has 3 N–H and O–H groups in total. The quantitative estimate of drug-likeness (QED) is 0.547. The third kappa shape index (κ3) is 1.47. The minimum atomic E-state index is -4.56. The summed E-state index contributed by atoms with van der Waals surface area (Å²) in [5.41, 5.74) is 4.89. The Bertz CT molecular complexity index is 383. The second-order valence-corrected chi connectivity index (χ2v) is 4.26. The van der Waals surface area contributed by atoms with E-state index in [4.69, 9.17) is 10.3 Å². The van der Waals surface area contributed by atoms with E-state index in [1.807, 2.05) is 0 Å². The zero-order valence-electron chi connectivity index (χ0n) is 6.54. The fourth-order valence-corrected chi connectivity index (χ4v) is 1.70. The Morgan fingerprint density at radius 2 is 2.23 bits per heavy atom. The summed E-state index contributed by atoms with van der Waals surface area (Å²) in [4.78, 5) is 14.4. The van der Waals surface area contributed by atoms with E-state index in [9.17, 15) is 13.2 Å². The van der Waals surface area contributed by atoms with Crippen molar-refractivity contribution in [2.45, 2.75) is 4.75 Å². The standard InChI is InChI=1S/C6H8N2O4S/c7-5(9)6(13(10,11)12)2-1-3-8-4-6/h1-3H,4H2,(H2,7,9)(H,10,11,12). The number of nitrogens with two attached hydrogens (primary N) is 1. The lowest BCUT2D eigenvalue weighted by Gasteiger charge is -2.22. The van der Waals surface area contributed by atoms with E-state index in [1.165, 1.54) is 12.3 Å². The Morgan fingerprint density at radius 1 is 1.62 bits per heavy atom. The smallest absolute Gasteiger partial charge is 0.285 e. The number of allylic oxidation sites excluding steroid dienone is 1. The molecule has 1 rings (SSSR count). The number of carbonyl (C=O) groups excluding carboxylic acids is 1. The molecule has 0 spiro atoms. The average Bonchev–Trinajstić information content (AvgIpc) is 2.03. The first-order valence-electron chi connectivity index (χ1n) is 3.35. The Hall–Kier alpha value is -1.21. The molecule has 6 nitrogen and oxygen atoms in total. The Morgan fingerprint density at radius 3 is 2.46 bits per heavy atom. The third-order valence-corrected chi connectivity index (χ3v) is 3.15. The minimum absolute atomic E-state index is 0.377. The molecule has 7 heteroatoms. The van der Waals surface area contributed by atoms with Crippen LogP contribution in [0.3, 0.4) is 0 Å². The highest BCUT2D eigenvalue weighted by Crippen LogP contribution is 2.20. The number of aliphatic imine (C=N–C) groups is 1. The summed E-state index contributed by atoms with van der Waals surface area (Å²) < 4.78 is 28.5. The highest BCUT2D eigenvalue weighted by molar-refractivity contribution is 7.88. The zero-order chi connectivity index (χ0) is 10.1. The molecule has 0 bridgehead atoms. The van der Waals surface area contributed by atoms with Crippen LogP contribution in [0.5, 0.6) is 0 Å². The topological polar surface area (TPSA) is 110 Å². The van der Waals surface area contributed by atoms with Crippen LogP contribution in [0.1, 0.15) is 0 Å². The van der Waals surface area contributed by atoms with Crippen LogP contribution >= 0.6 is 0 Å². The van der Waals surface area contributed by atoms with Crippen molar-refractivity contribution in [3.63, 3.8) is 0 Å². The number of hydrogen-bond acceptors (Lipinski definition) is 4. The van der Waals surface area contributed by atoms with Crippen molar-refractivity contribution in [2.75, 3.05) is 6.54 Å². The molecule has 1 aliphatic heterocycles. The lowest BCUT2D eigenvalue weighted by atomic mass is 10.1. The highest BCUT2D eigenvalue weighted by Gasteiger charge is 2.47. The lowest BCUT2D eigenvalue weighted by Crippen LogP contribution is -2.52. The molecule has 72 valence electrons. The summed E-state index contributed by atoms with van der Waals surface area (Å²) in [6.07, 6.45) is 3.60. The van der Waals surface area contributed by atoms with Gasteiger partial charge >= 0.3 is 0 Å². The molecule has 0 saturated heterocycles. The van der Waals surface area contributed by atoms with Crippen molar-refractivity contribution in [1.82, 2.24) is 0 Å². The van der Waals surface area contributed by atoms with Crippen molar-refractivity contribution in [3.8, 4) is 0 Å². The van der Waals surface area contributed by atoms with Crippen LogP contribution in [0, 0.1) is 0 Å². The van der Waals surface area contributed by atoms with Gasteiger partial charge in [-0.25, -0.2) is 0 Å². The predicted molar refractivity (Wildman–Crippen MR) is 46.0 cm³/mol. The second kappa shape index (κ2) is 2.93. The molecule has 0 radical (unpaired) electrons. The van der Waals surface area contributed by atoms with Crippen LogP contribution < -0.4 is 5.73 Å². The third-order valence-electron chi connectivity index (χ3n) is 1.76. The monoisotopic (exact) mass is 204 g/mol. The maximum absolute atomic E-state index is 10.9. The van der Waals surface area contributed by atoms with Crippen LogP contribution in [0.4, 0.5) is 0 Å². The molecule has 1 amide bonds. The van der Waals surface area contributed by atoms with E-state index in [0.717, 1.165) is 6.08 Å². The Labute approximate surface area is 74.9 Å². The lowest BCUT2D eigenvalue weighted by molar-refractivity contribution is -0.119. The van der Waals surface area contributed by atoms with Gasteiger partial charge in [0.1, 0.15) is 0 Å². The van der Waals surface area contributed by atoms with Gasteiger partial charge in [0.25, 0.3) is 10.1 Å². The largest absolute Gasteiger partial charge is 0.368 e. The first kappa shape index (κ1) is 9.87. The van der Waals surface area contributed by atoms with E-state index < -0.39 is 20.8 Å². The summed E-state index contributed by atoms with van der Waals surface area (Å²) >= 11 is 0. The van der Waals surface area contributed by atoms with Gasteiger partial charge in [-0.15, -0.1) is 0 Å². The van der Waals surface area contributed by atoms with Gasteiger partial charge in [-0.3, -0.25) is 14.3 Å². The molecule has 1 aliphatic rings. The summed E-state index contributed by atoms with van der Waals surface area (Å²) in [6.45, 7) is -0.377. The first-order chi connectivity index (χ1) is 5.90. The van der Waals surface area contributed by atoms with E-state index in [0.29, 0.717) is 0 Å². The van der Waals surface area contributed by atoms with Crippen LogP contribution in [0.25, 0.3) is 0 Å². The highest BCUT2D eigenvalue weighted by atomic mass is 32.2. The number of hydrogen-bond donors (Lipinski definition) is 2. The molecule has 0 aromatic heterocycles. The van der Waals surface area contributed by atoms with Crippen molar-refractivity contribution in [3.05, 3.63) is 12.2 Å². The van der Waals surface area contributed by atoms with Crippen LogP contribution in [-0.4, -0.2) is 36.4 Å². The van der Waals surface area contributed by atoms with Gasteiger partial charge in [0.05, 0.1) is 6.54 Å². The van der Waals surface area contributed by atoms with E-state index in [1.54, 1.807) is 0 Å². The summed E-state index contributed by atoms with van der Waals surface area (Å²) in [5.74, 6) is -1.14. The molecular weight excluding hydrogens is 196 g/mol. The van der Waals surface area contributed by atoms with Gasteiger partial charge in [0.15, 0.2) is 0 Å². The number of carbonyl (C=O) groups is 1. The van der Waals surface area contributed by atoms with E-state index in [2.05, 4.69) is 4.99 Å². The molecule has 13 heavy (non-hydrogen) atoms. The minimum Gasteiger partial charge on any atom is -0.368 e. The molecule has 1 atom stereocenters. The molecular formula is C6H8N2O4S. The Kier molecular flexibility index (Phi) is 2.22. The molecule has 1 heterocycles. The van der Waals surface area contributed by atoms with E-state index >= 15 is 0 Å². The van der Waals surface area contributed by atoms with Gasteiger partial charge in [-0.1, -0.05) is 0 Å². The number of dihydropyridines is 1. The SMILES string of the molecule is NC(=O)C1(S(=O)(=O)O)C=CC=NC1. The molecule has 0 aromatic carbocycles. The number of rotatable bonds is 2. The number of primary amides is 1. The van der Waals surface area contributed by atoms with Crippen molar-refractivity contribution >= 4 is 22.2 Å². The normalized spacial score (nSPS) is 27.5. The van der Waals surface area contributed by atoms with Gasteiger partial charge in [-0.05, 0) is 12.2 Å². The van der Waals surface area contributed by atoms with E-state index in [-0.39, 0.29) is 6.54 Å². The maximum Gasteiger partial charge on any atom is 0.285 e. The van der Waals surface area contributed by atoms with Gasteiger partial charge in [0.2, 0.25) is 10.7 Å². The molecule has 0 aromatic rings. The summed E-state index contributed by atoms with van der Waals surface area (Å²) in [5, 5.41) is 0. The fraction of sp³-hybridized carbons (Fsp3) is 0.333. The van der Waals surface area contributed by atoms with Crippen molar-refractivity contribution < 1.29 is 17.8 Å². The zero-order valence-corrected chi connectivity index (χ0v) is 7.36. The molecule has 0 saturated carbocycles. The number of nitrogens with zero attached hydrogens (tertiary/aromatic N) is 1. The van der Waals surface area contributed by atoms with Crippen molar-refractivity contribution in [1.29, 1.82) is 0 Å². The van der Waals surface area contributed by atoms with Gasteiger partial charge in [-0.2, -0.15) is 8.42 Å². The predicted octanol–water partition coefficient (Wildman–Crippen LogP) is -1.26.